The van der Waals surface area contributed by atoms with Gasteiger partial charge in [0.15, 0.2) is 0 Å². The Morgan fingerprint density at radius 1 is 1.10 bits per heavy atom. The van der Waals surface area contributed by atoms with E-state index < -0.39 is 0 Å². The maximum atomic E-state index is 13.1. The molecule has 3 rings (SSSR count). The third-order valence-electron chi connectivity index (χ3n) is 3.00. The van der Waals surface area contributed by atoms with Gasteiger partial charge in [-0.2, -0.15) is 0 Å². The number of halogens is 1. The van der Waals surface area contributed by atoms with Crippen LogP contribution in [0.3, 0.4) is 0 Å². The first kappa shape index (κ1) is 13.1. The largest absolute Gasteiger partial charge is 0.310 e. The number of aromatic amines is 1. The van der Waals surface area contributed by atoms with E-state index in [9.17, 15) is 9.18 Å². The van der Waals surface area contributed by atoms with Crippen molar-refractivity contribution < 1.29 is 4.39 Å². The van der Waals surface area contributed by atoms with Crippen LogP contribution in [0.15, 0.2) is 47.3 Å². The highest BCUT2D eigenvalue weighted by Gasteiger charge is 2.01. The monoisotopic (exact) mass is 278 g/mol. The fourth-order valence-electron chi connectivity index (χ4n) is 2.04. The molecule has 0 aliphatic carbocycles. The van der Waals surface area contributed by atoms with Crippen LogP contribution in [0.25, 0.3) is 10.9 Å². The fraction of sp³-hybridized carbons (Fsp3) is 0.0588. The first-order valence-electron chi connectivity index (χ1n) is 6.40. The lowest BCUT2D eigenvalue weighted by Crippen LogP contribution is -2.09. The minimum Gasteiger partial charge on any atom is -0.310 e. The summed E-state index contributed by atoms with van der Waals surface area (Å²) < 4.78 is 13.1. The van der Waals surface area contributed by atoms with Gasteiger partial charge in [0.05, 0.1) is 10.9 Å². The van der Waals surface area contributed by atoms with E-state index in [1.165, 1.54) is 12.1 Å². The van der Waals surface area contributed by atoms with Gasteiger partial charge in [-0.1, -0.05) is 17.9 Å². The van der Waals surface area contributed by atoms with Gasteiger partial charge in [-0.3, -0.25) is 4.79 Å². The smallest absolute Gasteiger partial charge is 0.258 e. The lowest BCUT2D eigenvalue weighted by molar-refractivity contribution is 0.627. The highest BCUT2D eigenvalue weighted by molar-refractivity contribution is 5.79. The van der Waals surface area contributed by atoms with Gasteiger partial charge < -0.3 is 4.98 Å². The summed E-state index contributed by atoms with van der Waals surface area (Å²) >= 11 is 0. The predicted molar refractivity (Wildman–Crippen MR) is 79.5 cm³/mol. The predicted octanol–water partition coefficient (Wildman–Crippen LogP) is 2.77. The molecular formula is C17H11FN2O. The maximum absolute atomic E-state index is 13.1. The summed E-state index contributed by atoms with van der Waals surface area (Å²) in [7, 11) is 0. The van der Waals surface area contributed by atoms with Gasteiger partial charge in [0.1, 0.15) is 11.6 Å². The number of hydrogen-bond donors (Lipinski definition) is 1. The van der Waals surface area contributed by atoms with E-state index in [0.29, 0.717) is 22.3 Å². The number of hydrogen-bond acceptors (Lipinski definition) is 2. The molecule has 21 heavy (non-hydrogen) atoms. The number of H-pyrrole nitrogens is 1. The summed E-state index contributed by atoms with van der Waals surface area (Å²) in [6.07, 6.45) is 0. The Kier molecular flexibility index (Phi) is 3.25. The van der Waals surface area contributed by atoms with Gasteiger partial charge in [-0.15, -0.1) is 0 Å². The van der Waals surface area contributed by atoms with Crippen LogP contribution >= 0.6 is 0 Å². The average Bonchev–Trinajstić information content (AvgIpc) is 2.44. The highest BCUT2D eigenvalue weighted by Crippen LogP contribution is 2.10. The number of nitrogens with zero attached hydrogens (tertiary/aromatic N) is 1. The third-order valence-corrected chi connectivity index (χ3v) is 3.00. The van der Waals surface area contributed by atoms with Gasteiger partial charge in [0.25, 0.3) is 5.56 Å². The Balaban J connectivity index is 2.05. The number of aryl methyl sites for hydroxylation is 1. The topological polar surface area (TPSA) is 45.8 Å². The fourth-order valence-corrected chi connectivity index (χ4v) is 2.04. The van der Waals surface area contributed by atoms with E-state index in [2.05, 4.69) is 21.8 Å². The van der Waals surface area contributed by atoms with Crippen molar-refractivity contribution in [3.05, 3.63) is 75.6 Å². The molecule has 0 bridgehead atoms. The zero-order valence-electron chi connectivity index (χ0n) is 11.3. The molecule has 3 aromatic rings. The van der Waals surface area contributed by atoms with Crippen molar-refractivity contribution in [2.45, 2.75) is 6.92 Å². The summed E-state index contributed by atoms with van der Waals surface area (Å²) in [4.78, 5) is 18.7. The molecule has 4 heteroatoms. The first-order chi connectivity index (χ1) is 10.1. The normalized spacial score (nSPS) is 10.2. The molecule has 1 aromatic heterocycles. The molecular weight excluding hydrogens is 267 g/mol. The molecule has 1 N–H and O–H groups in total. The summed E-state index contributed by atoms with van der Waals surface area (Å²) in [6.45, 7) is 1.73. The van der Waals surface area contributed by atoms with Crippen molar-refractivity contribution in [1.82, 2.24) is 9.97 Å². The number of benzene rings is 2. The zero-order valence-corrected chi connectivity index (χ0v) is 11.3. The second-order valence-corrected chi connectivity index (χ2v) is 4.64. The number of nitrogens with one attached hydrogen (secondary N) is 1. The van der Waals surface area contributed by atoms with Crippen molar-refractivity contribution in [3.63, 3.8) is 0 Å². The first-order valence-corrected chi connectivity index (χ1v) is 6.40. The SMILES string of the molecule is Cc1nc2cc(C#Cc3cccc(F)c3)ccc2c(=O)[nH]1. The van der Waals surface area contributed by atoms with Gasteiger partial charge in [-0.25, -0.2) is 9.37 Å². The maximum Gasteiger partial charge on any atom is 0.258 e. The highest BCUT2D eigenvalue weighted by atomic mass is 19.1. The Bertz CT molecular complexity index is 948. The van der Waals surface area contributed by atoms with Crippen LogP contribution in [-0.4, -0.2) is 9.97 Å². The Morgan fingerprint density at radius 3 is 2.62 bits per heavy atom. The standard InChI is InChI=1S/C17H11FN2O/c1-11-19-16-10-13(7-8-15(16)17(21)20-11)6-5-12-3-2-4-14(18)9-12/h2-4,7-10H,1H3,(H,19,20,21). The number of rotatable bonds is 0. The molecule has 1 heterocycles. The molecule has 0 amide bonds. The second-order valence-electron chi connectivity index (χ2n) is 4.64. The average molecular weight is 278 g/mol. The van der Waals surface area contributed by atoms with Crippen LogP contribution in [0.4, 0.5) is 4.39 Å². The van der Waals surface area contributed by atoms with E-state index in [4.69, 9.17) is 0 Å². The van der Waals surface area contributed by atoms with E-state index in [1.54, 1.807) is 37.3 Å². The second kappa shape index (κ2) is 5.22. The van der Waals surface area contributed by atoms with Gasteiger partial charge in [0.2, 0.25) is 0 Å². The minimum atomic E-state index is -0.316. The van der Waals surface area contributed by atoms with Crippen molar-refractivity contribution in [2.75, 3.05) is 0 Å². The van der Waals surface area contributed by atoms with E-state index in [-0.39, 0.29) is 11.4 Å². The molecule has 102 valence electrons. The molecule has 0 atom stereocenters. The Labute approximate surface area is 120 Å². The van der Waals surface area contributed by atoms with Crippen LogP contribution in [0.5, 0.6) is 0 Å². The lowest BCUT2D eigenvalue weighted by Gasteiger charge is -1.99. The molecule has 0 fully saturated rings. The van der Waals surface area contributed by atoms with E-state index >= 15 is 0 Å². The molecule has 0 aliphatic rings. The van der Waals surface area contributed by atoms with E-state index in [0.717, 1.165) is 5.56 Å². The van der Waals surface area contributed by atoms with Gasteiger partial charge in [0, 0.05) is 11.1 Å². The van der Waals surface area contributed by atoms with Gasteiger partial charge >= 0.3 is 0 Å². The van der Waals surface area contributed by atoms with Crippen molar-refractivity contribution >= 4 is 10.9 Å². The van der Waals surface area contributed by atoms with Crippen molar-refractivity contribution in [3.8, 4) is 11.8 Å². The molecule has 0 aliphatic heterocycles. The summed E-state index contributed by atoms with van der Waals surface area (Å²) in [5.41, 5.74) is 1.76. The van der Waals surface area contributed by atoms with Gasteiger partial charge in [-0.05, 0) is 43.3 Å². The molecule has 0 saturated carbocycles. The summed E-state index contributed by atoms with van der Waals surface area (Å²) in [6, 6.07) is 11.3. The molecule has 0 saturated heterocycles. The molecule has 3 nitrogen and oxygen atoms in total. The minimum absolute atomic E-state index is 0.165. The third kappa shape index (κ3) is 2.82. The number of fused-ring (bicyclic) bond motifs is 1. The Hall–Kier alpha value is -2.93. The van der Waals surface area contributed by atoms with Crippen LogP contribution in [0.2, 0.25) is 0 Å². The van der Waals surface area contributed by atoms with Crippen molar-refractivity contribution in [1.29, 1.82) is 0 Å². The van der Waals surface area contributed by atoms with Crippen molar-refractivity contribution in [2.24, 2.45) is 0 Å². The molecule has 0 radical (unpaired) electrons. The summed E-state index contributed by atoms with van der Waals surface area (Å²) in [5, 5.41) is 0.525. The molecule has 2 aromatic carbocycles. The van der Waals surface area contributed by atoms with Crippen LogP contribution in [-0.2, 0) is 0 Å². The van der Waals surface area contributed by atoms with E-state index in [1.807, 2.05) is 0 Å². The number of aromatic nitrogens is 2. The Morgan fingerprint density at radius 2 is 1.86 bits per heavy atom. The van der Waals surface area contributed by atoms with Crippen LogP contribution in [0, 0.1) is 24.6 Å². The molecule has 0 unspecified atom stereocenters. The van der Waals surface area contributed by atoms with Crippen LogP contribution in [0.1, 0.15) is 17.0 Å². The van der Waals surface area contributed by atoms with Crippen LogP contribution < -0.4 is 5.56 Å². The summed E-state index contributed by atoms with van der Waals surface area (Å²) in [5.74, 6) is 6.08. The lowest BCUT2D eigenvalue weighted by atomic mass is 10.1. The quantitative estimate of drug-likeness (QED) is 0.643. The molecule has 0 spiro atoms. The zero-order chi connectivity index (χ0) is 14.8.